The van der Waals surface area contributed by atoms with E-state index in [0.29, 0.717) is 5.92 Å². The Bertz CT molecular complexity index is 600. The zero-order chi connectivity index (χ0) is 21.1. The monoisotopic (exact) mass is 531 g/mol. The largest absolute Gasteiger partial charge is 0.493 e. The maximum Gasteiger partial charge on any atom is 0.191 e. The summed E-state index contributed by atoms with van der Waals surface area (Å²) >= 11 is 0. The Hall–Kier alpha value is -1.06. The van der Waals surface area contributed by atoms with Crippen LogP contribution in [0.25, 0.3) is 0 Å². The van der Waals surface area contributed by atoms with E-state index in [1.54, 1.807) is 0 Å². The van der Waals surface area contributed by atoms with Crippen molar-refractivity contribution in [2.45, 2.75) is 39.7 Å². The number of benzene rings is 1. The number of halogens is 1. The third-order valence-corrected chi connectivity index (χ3v) is 5.33. The average Bonchev–Trinajstić information content (AvgIpc) is 2.72. The summed E-state index contributed by atoms with van der Waals surface area (Å²) in [7, 11) is 4.03. The molecule has 1 saturated heterocycles. The first-order valence-electron chi connectivity index (χ1n) is 11.1. The zero-order valence-corrected chi connectivity index (χ0v) is 21.8. The van der Waals surface area contributed by atoms with Gasteiger partial charge in [0.25, 0.3) is 0 Å². The quantitative estimate of drug-likeness (QED) is 0.209. The van der Waals surface area contributed by atoms with Crippen molar-refractivity contribution >= 4 is 29.9 Å². The third kappa shape index (κ3) is 10.3. The molecule has 6 nitrogen and oxygen atoms in total. The molecular formula is C23H42IN5O. The van der Waals surface area contributed by atoms with Gasteiger partial charge in [0.2, 0.25) is 0 Å². The number of guanidine groups is 1. The van der Waals surface area contributed by atoms with Crippen LogP contribution < -0.4 is 15.4 Å². The van der Waals surface area contributed by atoms with Gasteiger partial charge in [-0.05, 0) is 57.0 Å². The van der Waals surface area contributed by atoms with Gasteiger partial charge in [0.15, 0.2) is 5.96 Å². The van der Waals surface area contributed by atoms with Crippen LogP contribution in [0.4, 0.5) is 0 Å². The maximum absolute atomic E-state index is 5.77. The van der Waals surface area contributed by atoms with Gasteiger partial charge in [-0.3, -0.25) is 4.99 Å². The summed E-state index contributed by atoms with van der Waals surface area (Å²) in [5.41, 5.74) is 1.22. The van der Waals surface area contributed by atoms with E-state index in [2.05, 4.69) is 65.4 Å². The Morgan fingerprint density at radius 3 is 2.33 bits per heavy atom. The Balaban J connectivity index is 0.00000450. The van der Waals surface area contributed by atoms with Gasteiger partial charge in [0.05, 0.1) is 12.6 Å². The molecule has 1 aromatic carbocycles. The molecule has 0 aliphatic carbocycles. The second-order valence-electron chi connectivity index (χ2n) is 8.49. The highest BCUT2D eigenvalue weighted by Crippen LogP contribution is 2.18. The molecule has 2 rings (SSSR count). The summed E-state index contributed by atoms with van der Waals surface area (Å²) < 4.78 is 5.77. The molecule has 7 heteroatoms. The van der Waals surface area contributed by atoms with Gasteiger partial charge in [0.1, 0.15) is 5.75 Å². The number of ether oxygens (including phenoxy) is 1. The standard InChI is InChI=1S/C23H41N5O.HI/c1-19(2)18-29-22-10-8-21(9-11-22)20(3)26-23(24-4)25-12-6-7-13-28-16-14-27(5)15-17-28;/h8-11,19-20H,6-7,12-18H2,1-5H3,(H2,24,25,26);1H. The number of rotatable bonds is 10. The Morgan fingerprint density at radius 2 is 1.73 bits per heavy atom. The molecule has 0 spiro atoms. The predicted octanol–water partition coefficient (Wildman–Crippen LogP) is 3.59. The summed E-state index contributed by atoms with van der Waals surface area (Å²) in [6.45, 7) is 14.2. The Labute approximate surface area is 200 Å². The topological polar surface area (TPSA) is 52.1 Å². The van der Waals surface area contributed by atoms with Gasteiger partial charge in [-0.1, -0.05) is 26.0 Å². The van der Waals surface area contributed by atoms with E-state index < -0.39 is 0 Å². The fourth-order valence-electron chi connectivity index (χ4n) is 3.34. The first kappa shape index (κ1) is 27.0. The van der Waals surface area contributed by atoms with Crippen LogP contribution in [-0.4, -0.2) is 75.7 Å². The van der Waals surface area contributed by atoms with Crippen LogP contribution in [0, 0.1) is 5.92 Å². The lowest BCUT2D eigenvalue weighted by atomic mass is 10.1. The number of nitrogens with one attached hydrogen (secondary N) is 2. The molecule has 30 heavy (non-hydrogen) atoms. The molecule has 0 saturated carbocycles. The number of aliphatic imine (C=N–C) groups is 1. The maximum atomic E-state index is 5.77. The minimum atomic E-state index is 0. The molecule has 0 radical (unpaired) electrons. The number of likely N-dealkylation sites (N-methyl/N-ethyl adjacent to an activating group) is 1. The van der Waals surface area contributed by atoms with Crippen molar-refractivity contribution in [2.24, 2.45) is 10.9 Å². The van der Waals surface area contributed by atoms with E-state index in [-0.39, 0.29) is 30.0 Å². The van der Waals surface area contributed by atoms with Gasteiger partial charge < -0.3 is 25.2 Å². The highest BCUT2D eigenvalue weighted by molar-refractivity contribution is 14.0. The number of piperazine rings is 1. The minimum Gasteiger partial charge on any atom is -0.493 e. The van der Waals surface area contributed by atoms with E-state index in [1.165, 1.54) is 44.7 Å². The summed E-state index contributed by atoms with van der Waals surface area (Å²) in [6, 6.07) is 8.52. The molecular weight excluding hydrogens is 489 g/mol. The Morgan fingerprint density at radius 1 is 1.07 bits per heavy atom. The number of hydrogen-bond acceptors (Lipinski definition) is 4. The van der Waals surface area contributed by atoms with Crippen molar-refractivity contribution in [3.8, 4) is 5.75 Å². The lowest BCUT2D eigenvalue weighted by Gasteiger charge is -2.32. The minimum absolute atomic E-state index is 0. The van der Waals surface area contributed by atoms with E-state index in [9.17, 15) is 0 Å². The van der Waals surface area contributed by atoms with Gasteiger partial charge in [0, 0.05) is 39.8 Å². The molecule has 1 aliphatic heterocycles. The van der Waals surface area contributed by atoms with Crippen LogP contribution in [0.1, 0.15) is 45.2 Å². The summed E-state index contributed by atoms with van der Waals surface area (Å²) in [5, 5.41) is 6.93. The lowest BCUT2D eigenvalue weighted by Crippen LogP contribution is -2.44. The highest BCUT2D eigenvalue weighted by Gasteiger charge is 2.13. The van der Waals surface area contributed by atoms with Crippen LogP contribution in [0.2, 0.25) is 0 Å². The summed E-state index contributed by atoms with van der Waals surface area (Å²) in [6.07, 6.45) is 2.38. The first-order valence-corrected chi connectivity index (χ1v) is 11.1. The fraction of sp³-hybridized carbons (Fsp3) is 0.696. The van der Waals surface area contributed by atoms with Crippen molar-refractivity contribution in [3.05, 3.63) is 29.8 Å². The molecule has 172 valence electrons. The number of hydrogen-bond donors (Lipinski definition) is 2. The third-order valence-electron chi connectivity index (χ3n) is 5.33. The summed E-state index contributed by atoms with van der Waals surface area (Å²) in [4.78, 5) is 9.35. The zero-order valence-electron chi connectivity index (χ0n) is 19.5. The molecule has 1 fully saturated rings. The van der Waals surface area contributed by atoms with E-state index in [0.717, 1.165) is 31.3 Å². The van der Waals surface area contributed by atoms with Crippen LogP contribution in [0.5, 0.6) is 5.75 Å². The first-order chi connectivity index (χ1) is 14.0. The number of nitrogens with zero attached hydrogens (tertiary/aromatic N) is 3. The average molecular weight is 532 g/mol. The van der Waals surface area contributed by atoms with Crippen molar-refractivity contribution in [1.82, 2.24) is 20.4 Å². The molecule has 1 atom stereocenters. The van der Waals surface area contributed by atoms with Gasteiger partial charge in [-0.25, -0.2) is 0 Å². The lowest BCUT2D eigenvalue weighted by molar-refractivity contribution is 0.152. The normalized spacial score (nSPS) is 16.8. The van der Waals surface area contributed by atoms with E-state index >= 15 is 0 Å². The molecule has 1 aliphatic rings. The van der Waals surface area contributed by atoms with Crippen molar-refractivity contribution in [2.75, 3.05) is 60.0 Å². The smallest absolute Gasteiger partial charge is 0.191 e. The van der Waals surface area contributed by atoms with Crippen molar-refractivity contribution in [3.63, 3.8) is 0 Å². The van der Waals surface area contributed by atoms with Crippen molar-refractivity contribution in [1.29, 1.82) is 0 Å². The molecule has 0 amide bonds. The molecule has 1 aromatic rings. The molecule has 1 heterocycles. The van der Waals surface area contributed by atoms with Crippen LogP contribution in [-0.2, 0) is 0 Å². The molecule has 0 bridgehead atoms. The molecule has 2 N–H and O–H groups in total. The van der Waals surface area contributed by atoms with Crippen LogP contribution in [0.3, 0.4) is 0 Å². The van der Waals surface area contributed by atoms with E-state index in [4.69, 9.17) is 4.74 Å². The van der Waals surface area contributed by atoms with Crippen molar-refractivity contribution < 1.29 is 4.74 Å². The summed E-state index contributed by atoms with van der Waals surface area (Å²) in [5.74, 6) is 2.32. The SMILES string of the molecule is CN=C(NCCCCN1CCN(C)CC1)NC(C)c1ccc(OCC(C)C)cc1.I. The predicted molar refractivity (Wildman–Crippen MR) is 138 cm³/mol. The Kier molecular flexibility index (Phi) is 13.4. The van der Waals surface area contributed by atoms with Gasteiger partial charge in [-0.15, -0.1) is 24.0 Å². The van der Waals surface area contributed by atoms with Crippen LogP contribution >= 0.6 is 24.0 Å². The second kappa shape index (κ2) is 14.9. The van der Waals surface area contributed by atoms with E-state index in [1.807, 2.05) is 19.2 Å². The number of unbranched alkanes of at least 4 members (excludes halogenated alkanes) is 1. The van der Waals surface area contributed by atoms with Gasteiger partial charge >= 0.3 is 0 Å². The molecule has 1 unspecified atom stereocenters. The van der Waals surface area contributed by atoms with Gasteiger partial charge in [-0.2, -0.15) is 0 Å². The fourth-order valence-corrected chi connectivity index (χ4v) is 3.34. The highest BCUT2D eigenvalue weighted by atomic mass is 127. The second-order valence-corrected chi connectivity index (χ2v) is 8.49. The van der Waals surface area contributed by atoms with Crippen LogP contribution in [0.15, 0.2) is 29.3 Å². The molecule has 0 aromatic heterocycles.